The zero-order valence-corrected chi connectivity index (χ0v) is 9.97. The first-order valence-corrected chi connectivity index (χ1v) is 5.85. The van der Waals surface area contributed by atoms with Gasteiger partial charge >= 0.3 is 5.69 Å². The van der Waals surface area contributed by atoms with Crippen LogP contribution in [0, 0.1) is 18.3 Å². The first kappa shape index (κ1) is 11.4. The van der Waals surface area contributed by atoms with E-state index in [0.29, 0.717) is 12.4 Å². The van der Waals surface area contributed by atoms with Gasteiger partial charge in [0.05, 0.1) is 6.54 Å². The molecule has 0 bridgehead atoms. The summed E-state index contributed by atoms with van der Waals surface area (Å²) in [6.45, 7) is 2.63. The number of nitriles is 1. The van der Waals surface area contributed by atoms with Crippen LogP contribution < -0.4 is 11.0 Å². The Morgan fingerprint density at radius 2 is 2.47 bits per heavy atom. The quantitative estimate of drug-likeness (QED) is 0.862. The van der Waals surface area contributed by atoms with Gasteiger partial charge in [-0.2, -0.15) is 10.2 Å². The summed E-state index contributed by atoms with van der Waals surface area (Å²) in [6, 6.07) is 5.43. The minimum absolute atomic E-state index is 0.204. The molecular formula is C11H10N4OS. The molecule has 6 heteroatoms. The maximum absolute atomic E-state index is 11.1. The van der Waals surface area contributed by atoms with E-state index in [1.807, 2.05) is 24.4 Å². The molecule has 0 aliphatic carbocycles. The minimum atomic E-state index is -0.519. The Balaban J connectivity index is 2.15. The lowest BCUT2D eigenvalue weighted by atomic mass is 10.3. The molecule has 0 amide bonds. The number of nitrogens with one attached hydrogen (secondary N) is 2. The second-order valence-corrected chi connectivity index (χ2v) is 4.48. The number of hydrogen-bond acceptors (Lipinski definition) is 5. The number of nitrogens with zero attached hydrogens (tertiary/aromatic N) is 2. The minimum Gasteiger partial charge on any atom is -0.365 e. The molecule has 2 aromatic rings. The summed E-state index contributed by atoms with van der Waals surface area (Å²) in [5, 5.41) is 13.8. The van der Waals surface area contributed by atoms with Crippen molar-refractivity contribution in [2.45, 2.75) is 13.5 Å². The monoisotopic (exact) mass is 246 g/mol. The summed E-state index contributed by atoms with van der Waals surface area (Å²) < 4.78 is 0. The standard InChI is InChI=1S/C11H10N4OS/c1-7-2-3-17-9(7)6-13-10-4-8(5-12)14-11(16)15-10/h2-4H,6H2,1H3,(H2,13,14,15,16). The zero-order chi connectivity index (χ0) is 12.3. The zero-order valence-electron chi connectivity index (χ0n) is 9.15. The largest absolute Gasteiger partial charge is 0.365 e. The number of aromatic nitrogens is 2. The number of rotatable bonds is 3. The third-order valence-corrected chi connectivity index (χ3v) is 3.29. The van der Waals surface area contributed by atoms with Gasteiger partial charge in [-0.15, -0.1) is 11.3 Å². The molecule has 0 unspecified atom stereocenters. The lowest BCUT2D eigenvalue weighted by Crippen LogP contribution is -2.14. The van der Waals surface area contributed by atoms with Crippen LogP contribution in [0.4, 0.5) is 5.82 Å². The van der Waals surface area contributed by atoms with E-state index >= 15 is 0 Å². The van der Waals surface area contributed by atoms with Gasteiger partial charge in [-0.25, -0.2) is 4.79 Å². The van der Waals surface area contributed by atoms with Gasteiger partial charge in [-0.05, 0) is 23.9 Å². The van der Waals surface area contributed by atoms with Gasteiger partial charge in [0, 0.05) is 10.9 Å². The molecule has 0 spiro atoms. The Kier molecular flexibility index (Phi) is 3.21. The van der Waals surface area contributed by atoms with Gasteiger partial charge in [0.25, 0.3) is 0 Å². The maximum atomic E-state index is 11.1. The molecule has 2 heterocycles. The smallest absolute Gasteiger partial charge is 0.347 e. The molecule has 2 rings (SSSR count). The van der Waals surface area contributed by atoms with Crippen molar-refractivity contribution in [2.75, 3.05) is 5.32 Å². The van der Waals surface area contributed by atoms with E-state index in [1.54, 1.807) is 11.3 Å². The van der Waals surface area contributed by atoms with Gasteiger partial charge in [0.15, 0.2) is 0 Å². The molecule has 2 N–H and O–H groups in total. The van der Waals surface area contributed by atoms with Crippen LogP contribution in [0.2, 0.25) is 0 Å². The first-order valence-electron chi connectivity index (χ1n) is 4.97. The molecule has 0 aliphatic heterocycles. The van der Waals surface area contributed by atoms with Gasteiger partial charge in [0.1, 0.15) is 17.6 Å². The van der Waals surface area contributed by atoms with Crippen molar-refractivity contribution in [3.8, 4) is 6.07 Å². The molecule has 2 aromatic heterocycles. The van der Waals surface area contributed by atoms with E-state index in [9.17, 15) is 4.79 Å². The summed E-state index contributed by atoms with van der Waals surface area (Å²) in [4.78, 5) is 18.4. The third-order valence-electron chi connectivity index (χ3n) is 2.26. The first-order chi connectivity index (χ1) is 8.19. The molecular weight excluding hydrogens is 236 g/mol. The molecule has 86 valence electrons. The lowest BCUT2D eigenvalue weighted by molar-refractivity contribution is 1.03. The molecule has 0 aromatic carbocycles. The average Bonchev–Trinajstić information content (AvgIpc) is 2.71. The highest BCUT2D eigenvalue weighted by Gasteiger charge is 2.02. The fraction of sp³-hybridized carbons (Fsp3) is 0.182. The van der Waals surface area contributed by atoms with Crippen LogP contribution >= 0.6 is 11.3 Å². The van der Waals surface area contributed by atoms with Crippen LogP contribution in [0.3, 0.4) is 0 Å². The van der Waals surface area contributed by atoms with Gasteiger partial charge in [-0.3, -0.25) is 4.98 Å². The van der Waals surface area contributed by atoms with Crippen molar-refractivity contribution >= 4 is 17.2 Å². The average molecular weight is 246 g/mol. The van der Waals surface area contributed by atoms with Crippen molar-refractivity contribution in [3.05, 3.63) is 44.1 Å². The molecule has 0 saturated carbocycles. The van der Waals surface area contributed by atoms with Crippen LogP contribution in [0.25, 0.3) is 0 Å². The second-order valence-electron chi connectivity index (χ2n) is 3.48. The Morgan fingerprint density at radius 1 is 1.65 bits per heavy atom. The molecule has 0 radical (unpaired) electrons. The van der Waals surface area contributed by atoms with E-state index in [1.165, 1.54) is 16.5 Å². The molecule has 17 heavy (non-hydrogen) atoms. The predicted molar refractivity (Wildman–Crippen MR) is 66.0 cm³/mol. The van der Waals surface area contributed by atoms with Crippen molar-refractivity contribution in [3.63, 3.8) is 0 Å². The molecule has 0 atom stereocenters. The summed E-state index contributed by atoms with van der Waals surface area (Å²) >= 11 is 1.64. The molecule has 0 saturated heterocycles. The topological polar surface area (TPSA) is 81.6 Å². The van der Waals surface area contributed by atoms with Crippen LogP contribution in [0.1, 0.15) is 16.1 Å². The summed E-state index contributed by atoms with van der Waals surface area (Å²) in [6.07, 6.45) is 0. The van der Waals surface area contributed by atoms with Gasteiger partial charge in [0.2, 0.25) is 0 Å². The number of aryl methyl sites for hydroxylation is 1. The molecule has 5 nitrogen and oxygen atoms in total. The highest BCUT2D eigenvalue weighted by molar-refractivity contribution is 7.10. The van der Waals surface area contributed by atoms with Gasteiger partial charge < -0.3 is 5.32 Å². The number of thiophene rings is 1. The summed E-state index contributed by atoms with van der Waals surface area (Å²) in [5.74, 6) is 0.415. The van der Waals surface area contributed by atoms with E-state index in [0.717, 1.165) is 0 Å². The van der Waals surface area contributed by atoms with Crippen LogP contribution in [-0.2, 0) is 6.54 Å². The Labute approximate surface area is 102 Å². The summed E-state index contributed by atoms with van der Waals surface area (Å²) in [5.41, 5.74) is 0.887. The lowest BCUT2D eigenvalue weighted by Gasteiger charge is -2.04. The Bertz CT molecular complexity index is 623. The van der Waals surface area contributed by atoms with Gasteiger partial charge in [-0.1, -0.05) is 0 Å². The number of anilines is 1. The van der Waals surface area contributed by atoms with Crippen molar-refractivity contribution < 1.29 is 0 Å². The van der Waals surface area contributed by atoms with Crippen LogP contribution in [0.5, 0.6) is 0 Å². The Morgan fingerprint density at radius 3 is 3.12 bits per heavy atom. The van der Waals surface area contributed by atoms with E-state index < -0.39 is 5.69 Å². The summed E-state index contributed by atoms with van der Waals surface area (Å²) in [7, 11) is 0. The van der Waals surface area contributed by atoms with Crippen LogP contribution in [-0.4, -0.2) is 9.97 Å². The second kappa shape index (κ2) is 4.80. The normalized spacial score (nSPS) is 9.88. The fourth-order valence-electron chi connectivity index (χ4n) is 1.36. The maximum Gasteiger partial charge on any atom is 0.347 e. The van der Waals surface area contributed by atoms with Crippen LogP contribution in [0.15, 0.2) is 22.3 Å². The third kappa shape index (κ3) is 2.71. The molecule has 0 aliphatic rings. The molecule has 0 fully saturated rings. The predicted octanol–water partition coefficient (Wildman–Crippen LogP) is 1.62. The highest BCUT2D eigenvalue weighted by Crippen LogP contribution is 2.16. The fourth-order valence-corrected chi connectivity index (χ4v) is 2.21. The van der Waals surface area contributed by atoms with E-state index in [4.69, 9.17) is 5.26 Å². The van der Waals surface area contributed by atoms with Crippen molar-refractivity contribution in [1.82, 2.24) is 9.97 Å². The van der Waals surface area contributed by atoms with E-state index in [-0.39, 0.29) is 5.69 Å². The number of hydrogen-bond donors (Lipinski definition) is 2. The van der Waals surface area contributed by atoms with Crippen molar-refractivity contribution in [1.29, 1.82) is 5.26 Å². The SMILES string of the molecule is Cc1ccsc1CNc1cc(C#N)[nH]c(=O)n1. The highest BCUT2D eigenvalue weighted by atomic mass is 32.1. The Hall–Kier alpha value is -2.13. The van der Waals surface area contributed by atoms with E-state index in [2.05, 4.69) is 15.3 Å². The number of H-pyrrole nitrogens is 1. The number of aromatic amines is 1. The van der Waals surface area contributed by atoms with Crippen molar-refractivity contribution in [2.24, 2.45) is 0 Å².